The molecule has 0 aliphatic rings. The molecule has 0 aliphatic carbocycles. The first-order valence-corrected chi connectivity index (χ1v) is 6.41. The van der Waals surface area contributed by atoms with Crippen LogP contribution in [0.2, 0.25) is 0 Å². The summed E-state index contributed by atoms with van der Waals surface area (Å²) in [5, 5.41) is 11.4. The van der Waals surface area contributed by atoms with E-state index < -0.39 is 4.92 Å². The van der Waals surface area contributed by atoms with Crippen LogP contribution in [-0.4, -0.2) is 19.8 Å². The van der Waals surface area contributed by atoms with Gasteiger partial charge in [0.15, 0.2) is 0 Å². The van der Waals surface area contributed by atoms with Crippen LogP contribution >= 0.6 is 15.9 Å². The molecule has 0 saturated heterocycles. The fraction of sp³-hybridized carbons (Fsp3) is 0.700. The molecule has 5 nitrogen and oxygen atoms in total. The highest BCUT2D eigenvalue weighted by atomic mass is 79.9. The zero-order valence-electron chi connectivity index (χ0n) is 9.52. The SMILES string of the molecule is CCC(CC)(CBr)Cn1cnc([N+](=O)[O-])c1. The second kappa shape index (κ2) is 5.43. The smallest absolute Gasteiger partial charge is 0.358 e. The van der Waals surface area contributed by atoms with Crippen LogP contribution in [0.15, 0.2) is 12.5 Å². The molecule has 1 heterocycles. The summed E-state index contributed by atoms with van der Waals surface area (Å²) in [6.07, 6.45) is 5.07. The van der Waals surface area contributed by atoms with E-state index in [1.54, 1.807) is 4.57 Å². The molecule has 0 aliphatic heterocycles. The summed E-state index contributed by atoms with van der Waals surface area (Å²) in [5.41, 5.74) is 0.147. The number of halogens is 1. The third-order valence-corrected chi connectivity index (χ3v) is 4.30. The van der Waals surface area contributed by atoms with Crippen molar-refractivity contribution in [1.29, 1.82) is 0 Å². The van der Waals surface area contributed by atoms with Crippen molar-refractivity contribution in [1.82, 2.24) is 9.55 Å². The molecule has 1 rings (SSSR count). The molecule has 0 amide bonds. The lowest BCUT2D eigenvalue weighted by Gasteiger charge is -2.29. The van der Waals surface area contributed by atoms with E-state index in [0.29, 0.717) is 0 Å². The summed E-state index contributed by atoms with van der Waals surface area (Å²) in [6, 6.07) is 0. The van der Waals surface area contributed by atoms with Crippen molar-refractivity contribution >= 4 is 21.7 Å². The van der Waals surface area contributed by atoms with Crippen molar-refractivity contribution in [2.24, 2.45) is 5.41 Å². The van der Waals surface area contributed by atoms with Crippen molar-refractivity contribution in [3.05, 3.63) is 22.6 Å². The molecule has 0 unspecified atom stereocenters. The fourth-order valence-electron chi connectivity index (χ4n) is 1.62. The Hall–Kier alpha value is -0.910. The number of rotatable bonds is 6. The first-order chi connectivity index (χ1) is 7.56. The highest BCUT2D eigenvalue weighted by molar-refractivity contribution is 9.09. The Balaban J connectivity index is 2.81. The molecule has 0 radical (unpaired) electrons. The lowest BCUT2D eigenvalue weighted by molar-refractivity contribution is -0.389. The van der Waals surface area contributed by atoms with Gasteiger partial charge in [-0.2, -0.15) is 0 Å². The number of alkyl halides is 1. The number of imidazole rings is 1. The summed E-state index contributed by atoms with van der Waals surface area (Å²) in [4.78, 5) is 13.8. The van der Waals surface area contributed by atoms with E-state index in [9.17, 15) is 10.1 Å². The minimum absolute atomic E-state index is 0.0873. The highest BCUT2D eigenvalue weighted by Crippen LogP contribution is 2.31. The average molecular weight is 290 g/mol. The molecule has 16 heavy (non-hydrogen) atoms. The van der Waals surface area contributed by atoms with Gasteiger partial charge in [0.05, 0.1) is 0 Å². The number of aromatic nitrogens is 2. The summed E-state index contributed by atoms with van der Waals surface area (Å²) in [6.45, 7) is 5.03. The Morgan fingerprint density at radius 3 is 2.56 bits per heavy atom. The second-order valence-corrected chi connectivity index (χ2v) is 4.56. The van der Waals surface area contributed by atoms with Gasteiger partial charge >= 0.3 is 5.82 Å². The number of nitro groups is 1. The monoisotopic (exact) mass is 289 g/mol. The van der Waals surface area contributed by atoms with Gasteiger partial charge in [-0.15, -0.1) is 0 Å². The zero-order chi connectivity index (χ0) is 12.2. The molecular formula is C10H16BrN3O2. The van der Waals surface area contributed by atoms with Crippen LogP contribution in [0.5, 0.6) is 0 Å². The predicted molar refractivity (Wildman–Crippen MR) is 65.7 cm³/mol. The number of nitrogens with zero attached hydrogens (tertiary/aromatic N) is 3. The zero-order valence-corrected chi connectivity index (χ0v) is 11.1. The minimum Gasteiger partial charge on any atom is -0.358 e. The minimum atomic E-state index is -0.468. The van der Waals surface area contributed by atoms with Crippen molar-refractivity contribution < 1.29 is 4.92 Å². The van der Waals surface area contributed by atoms with Gasteiger partial charge in [-0.1, -0.05) is 29.8 Å². The molecule has 0 N–H and O–H groups in total. The van der Waals surface area contributed by atoms with Gasteiger partial charge in [0.25, 0.3) is 0 Å². The van der Waals surface area contributed by atoms with Crippen LogP contribution in [0.4, 0.5) is 5.82 Å². The van der Waals surface area contributed by atoms with E-state index in [1.165, 1.54) is 12.5 Å². The number of hydrogen-bond donors (Lipinski definition) is 0. The van der Waals surface area contributed by atoms with Gasteiger partial charge < -0.3 is 14.7 Å². The Morgan fingerprint density at radius 2 is 2.19 bits per heavy atom. The third-order valence-electron chi connectivity index (χ3n) is 3.11. The van der Waals surface area contributed by atoms with Gasteiger partial charge in [0.2, 0.25) is 6.33 Å². The van der Waals surface area contributed by atoms with Crippen LogP contribution in [0.1, 0.15) is 26.7 Å². The molecular weight excluding hydrogens is 274 g/mol. The molecule has 90 valence electrons. The van der Waals surface area contributed by atoms with Crippen molar-refractivity contribution in [2.75, 3.05) is 5.33 Å². The second-order valence-electron chi connectivity index (χ2n) is 4.00. The Kier molecular flexibility index (Phi) is 4.46. The average Bonchev–Trinajstić information content (AvgIpc) is 2.74. The Labute approximate surface area is 103 Å². The molecule has 0 fully saturated rings. The van der Waals surface area contributed by atoms with Gasteiger partial charge in [-0.05, 0) is 28.2 Å². The van der Waals surface area contributed by atoms with E-state index in [-0.39, 0.29) is 11.2 Å². The topological polar surface area (TPSA) is 61.0 Å². The summed E-state index contributed by atoms with van der Waals surface area (Å²) >= 11 is 3.52. The maximum Gasteiger partial charge on any atom is 0.381 e. The summed E-state index contributed by atoms with van der Waals surface area (Å²) < 4.78 is 1.80. The van der Waals surface area contributed by atoms with Crippen molar-refractivity contribution in [2.45, 2.75) is 33.2 Å². The van der Waals surface area contributed by atoms with Gasteiger partial charge in [0, 0.05) is 11.9 Å². The quantitative estimate of drug-likeness (QED) is 0.459. The third kappa shape index (κ3) is 2.81. The van der Waals surface area contributed by atoms with Gasteiger partial charge in [0.1, 0.15) is 6.20 Å². The maximum absolute atomic E-state index is 10.5. The Morgan fingerprint density at radius 1 is 1.56 bits per heavy atom. The molecule has 1 aromatic rings. The van der Waals surface area contributed by atoms with Crippen LogP contribution in [0, 0.1) is 15.5 Å². The lowest BCUT2D eigenvalue weighted by Crippen LogP contribution is -2.26. The highest BCUT2D eigenvalue weighted by Gasteiger charge is 2.26. The van der Waals surface area contributed by atoms with Crippen LogP contribution in [0.3, 0.4) is 0 Å². The van der Waals surface area contributed by atoms with Crippen LogP contribution in [0.25, 0.3) is 0 Å². The summed E-state index contributed by atoms with van der Waals surface area (Å²) in [7, 11) is 0. The van der Waals surface area contributed by atoms with Crippen LogP contribution < -0.4 is 0 Å². The Bertz CT molecular complexity index is 352. The van der Waals surface area contributed by atoms with E-state index in [2.05, 4.69) is 34.8 Å². The number of hydrogen-bond acceptors (Lipinski definition) is 3. The predicted octanol–water partition coefficient (Wildman–Crippen LogP) is 2.99. The van der Waals surface area contributed by atoms with E-state index >= 15 is 0 Å². The van der Waals surface area contributed by atoms with Crippen molar-refractivity contribution in [3.63, 3.8) is 0 Å². The van der Waals surface area contributed by atoms with E-state index in [0.717, 1.165) is 24.7 Å². The molecule has 0 atom stereocenters. The molecule has 0 saturated carbocycles. The first-order valence-electron chi connectivity index (χ1n) is 5.29. The molecule has 1 aromatic heterocycles. The van der Waals surface area contributed by atoms with Crippen molar-refractivity contribution in [3.8, 4) is 0 Å². The normalized spacial score (nSPS) is 11.7. The molecule has 0 spiro atoms. The lowest BCUT2D eigenvalue weighted by atomic mass is 9.84. The molecule has 0 bridgehead atoms. The first kappa shape index (κ1) is 13.2. The van der Waals surface area contributed by atoms with E-state index in [4.69, 9.17) is 0 Å². The standard InChI is InChI=1S/C10H16BrN3O2/c1-3-10(4-2,6-11)7-13-5-9(12-8-13)14(15)16/h5,8H,3-4,6-7H2,1-2H3. The van der Waals surface area contributed by atoms with E-state index in [1.807, 2.05) is 0 Å². The van der Waals surface area contributed by atoms with Gasteiger partial charge in [-0.3, -0.25) is 0 Å². The largest absolute Gasteiger partial charge is 0.381 e. The van der Waals surface area contributed by atoms with Gasteiger partial charge in [-0.25, -0.2) is 0 Å². The molecule has 0 aromatic carbocycles. The molecule has 6 heteroatoms. The summed E-state index contributed by atoms with van der Waals surface area (Å²) in [5.74, 6) is -0.0873. The fourth-order valence-corrected chi connectivity index (χ4v) is 2.59. The maximum atomic E-state index is 10.5. The van der Waals surface area contributed by atoms with Crippen LogP contribution in [-0.2, 0) is 6.54 Å².